The van der Waals surface area contributed by atoms with Crippen molar-refractivity contribution in [3.8, 4) is 0 Å². The quantitative estimate of drug-likeness (QED) is 0.130. The topological polar surface area (TPSA) is 172 Å². The zero-order chi connectivity index (χ0) is 25.1. The summed E-state index contributed by atoms with van der Waals surface area (Å²) in [7, 11) is 2.94. The van der Waals surface area contributed by atoms with Gasteiger partial charge in [-0.2, -0.15) is 0 Å². The maximum atomic E-state index is 13.0. The van der Waals surface area contributed by atoms with Gasteiger partial charge in [-0.1, -0.05) is 16.9 Å². The smallest absolute Gasteiger partial charge is 0.352 e. The molecule has 14 nitrogen and oxygen atoms in total. The van der Waals surface area contributed by atoms with Gasteiger partial charge in [-0.3, -0.25) is 19.3 Å². The fourth-order valence-electron chi connectivity index (χ4n) is 3.57. The van der Waals surface area contributed by atoms with Crippen LogP contribution in [0.3, 0.4) is 0 Å². The zero-order valence-electron chi connectivity index (χ0n) is 18.5. The minimum Gasteiger partial charge on any atom is -0.477 e. The molecule has 2 N–H and O–H groups in total. The fourth-order valence-corrected chi connectivity index (χ4v) is 6.73. The second-order valence-corrected chi connectivity index (χ2v) is 10.3. The van der Waals surface area contributed by atoms with Crippen LogP contribution in [0.4, 0.5) is 0 Å². The molecule has 1 saturated heterocycles. The lowest BCUT2D eigenvalue weighted by atomic mass is 10.0. The molecule has 0 aromatic carbocycles. The van der Waals surface area contributed by atoms with Gasteiger partial charge in [-0.05, 0) is 21.4 Å². The van der Waals surface area contributed by atoms with E-state index in [1.54, 1.807) is 12.5 Å². The summed E-state index contributed by atoms with van der Waals surface area (Å²) in [6, 6.07) is -0.956. The van der Waals surface area contributed by atoms with E-state index < -0.39 is 29.2 Å². The van der Waals surface area contributed by atoms with E-state index in [1.807, 2.05) is 0 Å². The number of aliphatic carboxylic acids is 1. The van der Waals surface area contributed by atoms with Crippen LogP contribution in [0.5, 0.6) is 0 Å². The molecule has 186 valence electrons. The first-order valence-corrected chi connectivity index (χ1v) is 13.2. The molecule has 1 aromatic heterocycles. The number of thioether (sulfide) groups is 3. The van der Waals surface area contributed by atoms with E-state index in [9.17, 15) is 24.3 Å². The predicted molar refractivity (Wildman–Crippen MR) is 127 cm³/mol. The number of oxime groups is 1. The Bertz CT molecular complexity index is 1150. The lowest BCUT2D eigenvalue weighted by Crippen LogP contribution is -2.71. The summed E-state index contributed by atoms with van der Waals surface area (Å²) >= 11 is 4.02. The van der Waals surface area contributed by atoms with Crippen LogP contribution in [0, 0.1) is 0 Å². The Kier molecular flexibility index (Phi) is 7.66. The van der Waals surface area contributed by atoms with E-state index in [-0.39, 0.29) is 22.9 Å². The standard InChI is InChI=1S/C18H20N8O6S3/c1-24-18(20-22-23-24)35-6-9-5-34-16-12(15(29)26(16)13(9)17(30)31)19-14(28)11(21-32-2)10-7-33-4-3-25(10)8-27/h7-8,12,16H,3-6H2,1-2H3,(H,19,28)(H,30,31)/b21-11-/t12?,16-/m1/s1. The van der Waals surface area contributed by atoms with Crippen molar-refractivity contribution in [2.45, 2.75) is 16.6 Å². The van der Waals surface area contributed by atoms with Crippen LogP contribution in [0.2, 0.25) is 0 Å². The van der Waals surface area contributed by atoms with Crippen LogP contribution in [-0.2, 0) is 31.1 Å². The molecular formula is C18H20N8O6S3. The van der Waals surface area contributed by atoms with Crippen molar-refractivity contribution in [3.05, 3.63) is 22.4 Å². The van der Waals surface area contributed by atoms with Crippen molar-refractivity contribution in [2.24, 2.45) is 12.2 Å². The first kappa shape index (κ1) is 25.1. The lowest BCUT2D eigenvalue weighted by molar-refractivity contribution is -0.150. The number of fused-ring (bicyclic) bond motifs is 1. The van der Waals surface area contributed by atoms with Gasteiger partial charge in [-0.25, -0.2) is 9.48 Å². The largest absolute Gasteiger partial charge is 0.477 e. The van der Waals surface area contributed by atoms with E-state index in [0.29, 0.717) is 35.2 Å². The van der Waals surface area contributed by atoms with Gasteiger partial charge in [0.05, 0.1) is 5.70 Å². The second-order valence-electron chi connectivity index (χ2n) is 7.29. The highest BCUT2D eigenvalue weighted by Crippen LogP contribution is 2.41. The van der Waals surface area contributed by atoms with Crippen LogP contribution in [0.25, 0.3) is 0 Å². The number of carboxylic acid groups (broad SMARTS) is 1. The average molecular weight is 541 g/mol. The minimum atomic E-state index is -1.23. The van der Waals surface area contributed by atoms with Gasteiger partial charge in [0.1, 0.15) is 24.2 Å². The van der Waals surface area contributed by atoms with Crippen molar-refractivity contribution in [1.29, 1.82) is 0 Å². The number of nitrogens with zero attached hydrogens (tertiary/aromatic N) is 7. The van der Waals surface area contributed by atoms with E-state index >= 15 is 0 Å². The Morgan fingerprint density at radius 1 is 1.46 bits per heavy atom. The molecule has 3 aliphatic rings. The predicted octanol–water partition coefficient (Wildman–Crippen LogP) is -0.910. The summed E-state index contributed by atoms with van der Waals surface area (Å²) in [4.78, 5) is 56.7. The van der Waals surface area contributed by atoms with E-state index in [1.165, 1.54) is 56.9 Å². The number of aryl methyl sites for hydroxylation is 1. The van der Waals surface area contributed by atoms with Gasteiger partial charge in [0.15, 0.2) is 5.71 Å². The number of aromatic nitrogens is 4. The Morgan fingerprint density at radius 2 is 2.26 bits per heavy atom. The molecule has 0 saturated carbocycles. The number of carbonyl (C=O) groups excluding carboxylic acids is 3. The number of β-lactam (4-membered cyclic amide) rings is 1. The molecule has 35 heavy (non-hydrogen) atoms. The number of nitrogens with one attached hydrogen (secondary N) is 1. The van der Waals surface area contributed by atoms with Crippen LogP contribution < -0.4 is 5.32 Å². The molecule has 1 unspecified atom stereocenters. The minimum absolute atomic E-state index is 0.101. The fraction of sp³-hybridized carbons (Fsp3) is 0.444. The summed E-state index contributed by atoms with van der Waals surface area (Å²) in [6.07, 6.45) is 0.595. The molecule has 17 heteroatoms. The number of amides is 3. The Morgan fingerprint density at radius 3 is 2.91 bits per heavy atom. The average Bonchev–Trinajstić information content (AvgIpc) is 3.28. The van der Waals surface area contributed by atoms with E-state index in [0.717, 1.165) is 0 Å². The summed E-state index contributed by atoms with van der Waals surface area (Å²) < 4.78 is 1.47. The van der Waals surface area contributed by atoms with Crippen molar-refractivity contribution in [1.82, 2.24) is 35.3 Å². The molecular weight excluding hydrogens is 520 g/mol. The number of hydrogen-bond donors (Lipinski definition) is 2. The molecule has 0 radical (unpaired) electrons. The number of carboxylic acids is 1. The van der Waals surface area contributed by atoms with Gasteiger partial charge >= 0.3 is 5.97 Å². The van der Waals surface area contributed by atoms with Gasteiger partial charge in [0.25, 0.3) is 11.8 Å². The number of hydrogen-bond acceptors (Lipinski definition) is 12. The molecule has 2 atom stereocenters. The van der Waals surface area contributed by atoms with Crippen molar-refractivity contribution in [2.75, 3.05) is 30.9 Å². The molecule has 4 rings (SSSR count). The summed E-state index contributed by atoms with van der Waals surface area (Å²) in [6.45, 7) is 0.391. The first-order valence-electron chi connectivity index (χ1n) is 10.1. The highest BCUT2D eigenvalue weighted by molar-refractivity contribution is 8.02. The molecule has 3 aliphatic heterocycles. The third-order valence-electron chi connectivity index (χ3n) is 5.22. The molecule has 0 spiro atoms. The molecule has 3 amide bonds. The molecule has 4 heterocycles. The zero-order valence-corrected chi connectivity index (χ0v) is 20.9. The van der Waals surface area contributed by atoms with Gasteiger partial charge in [0.2, 0.25) is 11.6 Å². The summed E-state index contributed by atoms with van der Waals surface area (Å²) in [5, 5.41) is 28.9. The maximum absolute atomic E-state index is 13.0. The SMILES string of the molecule is CO/N=C(\C(=O)NC1C(=O)N2C(C(=O)O)=C(CSc3nnnn3C)CS[C@H]12)C1=CSCCN1C=O. The number of tetrazole rings is 1. The first-order chi connectivity index (χ1) is 16.9. The summed E-state index contributed by atoms with van der Waals surface area (Å²) in [5.41, 5.74) is 0.565. The van der Waals surface area contributed by atoms with Crippen molar-refractivity contribution in [3.63, 3.8) is 0 Å². The lowest BCUT2D eigenvalue weighted by Gasteiger charge is -2.49. The number of carbonyl (C=O) groups is 4. The van der Waals surface area contributed by atoms with Gasteiger partial charge in [0, 0.05) is 30.9 Å². The van der Waals surface area contributed by atoms with Crippen LogP contribution >= 0.6 is 35.3 Å². The normalized spacial score (nSPS) is 22.3. The van der Waals surface area contributed by atoms with Crippen LogP contribution in [0.15, 0.2) is 32.7 Å². The van der Waals surface area contributed by atoms with Crippen molar-refractivity contribution >= 4 is 65.2 Å². The van der Waals surface area contributed by atoms with Gasteiger partial charge < -0.3 is 20.2 Å². The van der Waals surface area contributed by atoms with Gasteiger partial charge in [-0.15, -0.1) is 28.6 Å². The molecule has 1 aromatic rings. The molecule has 0 aliphatic carbocycles. The highest BCUT2D eigenvalue weighted by Gasteiger charge is 2.54. The highest BCUT2D eigenvalue weighted by atomic mass is 32.2. The summed E-state index contributed by atoms with van der Waals surface area (Å²) in [5.74, 6) is -1.19. The van der Waals surface area contributed by atoms with Crippen LogP contribution in [-0.4, -0.2) is 107 Å². The Balaban J connectivity index is 1.49. The van der Waals surface area contributed by atoms with Crippen LogP contribution in [0.1, 0.15) is 0 Å². The van der Waals surface area contributed by atoms with E-state index in [2.05, 4.69) is 26.0 Å². The Hall–Kier alpha value is -3.05. The molecule has 1 fully saturated rings. The third-order valence-corrected chi connectivity index (χ3v) is 8.46. The monoisotopic (exact) mass is 540 g/mol. The third kappa shape index (κ3) is 4.87. The van der Waals surface area contributed by atoms with Crippen molar-refractivity contribution < 1.29 is 29.1 Å². The van der Waals surface area contributed by atoms with E-state index in [4.69, 9.17) is 4.84 Å². The maximum Gasteiger partial charge on any atom is 0.352 e. The number of rotatable bonds is 9. The molecule has 0 bridgehead atoms. The Labute approximate surface area is 211 Å². The second kappa shape index (κ2) is 10.7.